The normalized spacial score (nSPS) is 38.6. The summed E-state index contributed by atoms with van der Waals surface area (Å²) in [5.41, 5.74) is 0. The van der Waals surface area contributed by atoms with Gasteiger partial charge in [-0.25, -0.2) is 0 Å². The third-order valence-corrected chi connectivity index (χ3v) is 3.92. The maximum absolute atomic E-state index is 9.66. The van der Waals surface area contributed by atoms with Gasteiger partial charge in [-0.3, -0.25) is 4.90 Å². The summed E-state index contributed by atoms with van der Waals surface area (Å²) in [6.07, 6.45) is 8.96. The van der Waals surface area contributed by atoms with E-state index in [0.29, 0.717) is 0 Å². The van der Waals surface area contributed by atoms with Gasteiger partial charge in [0.1, 0.15) is 0 Å². The second-order valence-electron chi connectivity index (χ2n) is 4.96. The maximum atomic E-state index is 9.66. The molecule has 2 heterocycles. The first-order valence-electron chi connectivity index (χ1n) is 6.25. The minimum Gasteiger partial charge on any atom is -0.392 e. The predicted molar refractivity (Wildman–Crippen MR) is 58.3 cm³/mol. The van der Waals surface area contributed by atoms with Crippen LogP contribution in [0.1, 0.15) is 51.9 Å². The van der Waals surface area contributed by atoms with Crippen LogP contribution in [-0.4, -0.2) is 34.7 Å². The van der Waals surface area contributed by atoms with E-state index in [0.717, 1.165) is 25.0 Å². The molecule has 0 aromatic carbocycles. The lowest BCUT2D eigenvalue weighted by atomic mass is 10.0. The van der Waals surface area contributed by atoms with Crippen LogP contribution in [0.4, 0.5) is 0 Å². The van der Waals surface area contributed by atoms with Crippen molar-refractivity contribution in [1.82, 2.24) is 4.90 Å². The van der Waals surface area contributed by atoms with Crippen LogP contribution in [0, 0.1) is 0 Å². The highest BCUT2D eigenvalue weighted by Crippen LogP contribution is 2.33. The number of nitrogens with zero attached hydrogens (tertiary/aromatic N) is 1. The van der Waals surface area contributed by atoms with E-state index in [9.17, 15) is 5.11 Å². The standard InChI is InChI=1S/C12H23NO/c1-2-3-4-10-5-6-11-7-8-12(14)9-13(10)11/h10-12,14H,2-9H2,1H3/t10-,11-,12+/m1/s1. The SMILES string of the molecule is CCCC[C@@H]1CC[C@@H]2CC[C@H](O)CN12. The van der Waals surface area contributed by atoms with Gasteiger partial charge < -0.3 is 5.11 Å². The number of hydrogen-bond donors (Lipinski definition) is 1. The fourth-order valence-electron chi connectivity index (χ4n) is 3.09. The van der Waals surface area contributed by atoms with Crippen molar-refractivity contribution in [3.05, 3.63) is 0 Å². The van der Waals surface area contributed by atoms with Gasteiger partial charge >= 0.3 is 0 Å². The van der Waals surface area contributed by atoms with Gasteiger partial charge in [0.2, 0.25) is 0 Å². The molecule has 14 heavy (non-hydrogen) atoms. The van der Waals surface area contributed by atoms with Gasteiger partial charge in [0, 0.05) is 18.6 Å². The van der Waals surface area contributed by atoms with E-state index in [1.807, 2.05) is 0 Å². The molecule has 2 nitrogen and oxygen atoms in total. The summed E-state index contributed by atoms with van der Waals surface area (Å²) in [5, 5.41) is 9.66. The summed E-state index contributed by atoms with van der Waals surface area (Å²) in [6.45, 7) is 3.20. The molecule has 0 unspecified atom stereocenters. The van der Waals surface area contributed by atoms with Crippen LogP contribution in [0.3, 0.4) is 0 Å². The number of unbranched alkanes of at least 4 members (excludes halogenated alkanes) is 1. The molecule has 3 atom stereocenters. The fraction of sp³-hybridized carbons (Fsp3) is 1.00. The monoisotopic (exact) mass is 197 g/mol. The maximum Gasteiger partial charge on any atom is 0.0667 e. The van der Waals surface area contributed by atoms with Crippen molar-refractivity contribution in [2.24, 2.45) is 0 Å². The molecule has 2 saturated heterocycles. The first-order chi connectivity index (χ1) is 6.81. The molecule has 0 bridgehead atoms. The van der Waals surface area contributed by atoms with E-state index < -0.39 is 0 Å². The van der Waals surface area contributed by atoms with E-state index in [1.54, 1.807) is 0 Å². The number of piperidine rings is 1. The van der Waals surface area contributed by atoms with E-state index in [4.69, 9.17) is 0 Å². The molecule has 2 aliphatic heterocycles. The van der Waals surface area contributed by atoms with Gasteiger partial charge in [-0.15, -0.1) is 0 Å². The van der Waals surface area contributed by atoms with Gasteiger partial charge in [0.05, 0.1) is 6.10 Å². The van der Waals surface area contributed by atoms with Gasteiger partial charge in [-0.1, -0.05) is 19.8 Å². The third-order valence-electron chi connectivity index (χ3n) is 3.92. The van der Waals surface area contributed by atoms with Gasteiger partial charge in [0.25, 0.3) is 0 Å². The predicted octanol–water partition coefficient (Wildman–Crippen LogP) is 2.16. The number of aliphatic hydroxyl groups is 1. The molecule has 0 aromatic rings. The van der Waals surface area contributed by atoms with Crippen LogP contribution < -0.4 is 0 Å². The van der Waals surface area contributed by atoms with E-state index in [-0.39, 0.29) is 6.10 Å². The molecular weight excluding hydrogens is 174 g/mol. The minimum absolute atomic E-state index is 0.0477. The first-order valence-corrected chi connectivity index (χ1v) is 6.25. The van der Waals surface area contributed by atoms with Crippen molar-refractivity contribution < 1.29 is 5.11 Å². The topological polar surface area (TPSA) is 23.5 Å². The fourth-order valence-corrected chi connectivity index (χ4v) is 3.09. The number of fused-ring (bicyclic) bond motifs is 1. The molecule has 0 saturated carbocycles. The summed E-state index contributed by atoms with van der Waals surface area (Å²) >= 11 is 0. The van der Waals surface area contributed by atoms with Crippen molar-refractivity contribution in [3.8, 4) is 0 Å². The summed E-state index contributed by atoms with van der Waals surface area (Å²) in [7, 11) is 0. The molecule has 2 heteroatoms. The molecule has 82 valence electrons. The summed E-state index contributed by atoms with van der Waals surface area (Å²) in [4.78, 5) is 2.59. The molecular formula is C12H23NO. The Morgan fingerprint density at radius 2 is 2.00 bits per heavy atom. The number of hydrogen-bond acceptors (Lipinski definition) is 2. The van der Waals surface area contributed by atoms with Gasteiger partial charge in [-0.2, -0.15) is 0 Å². The zero-order valence-corrected chi connectivity index (χ0v) is 9.28. The summed E-state index contributed by atoms with van der Waals surface area (Å²) in [5.74, 6) is 0. The van der Waals surface area contributed by atoms with Crippen molar-refractivity contribution >= 4 is 0 Å². The van der Waals surface area contributed by atoms with Crippen molar-refractivity contribution in [1.29, 1.82) is 0 Å². The molecule has 1 N–H and O–H groups in total. The lowest BCUT2D eigenvalue weighted by molar-refractivity contribution is 0.0339. The van der Waals surface area contributed by atoms with Gasteiger partial charge in [0.15, 0.2) is 0 Å². The molecule has 0 radical (unpaired) electrons. The van der Waals surface area contributed by atoms with Crippen molar-refractivity contribution in [2.45, 2.75) is 70.1 Å². The Hall–Kier alpha value is -0.0800. The quantitative estimate of drug-likeness (QED) is 0.749. The molecule has 2 aliphatic rings. The molecule has 0 amide bonds. The van der Waals surface area contributed by atoms with Crippen LogP contribution in [0.15, 0.2) is 0 Å². The largest absolute Gasteiger partial charge is 0.392 e. The Kier molecular flexibility index (Phi) is 3.45. The Bertz CT molecular complexity index is 183. The molecule has 2 rings (SSSR count). The zero-order chi connectivity index (χ0) is 9.97. The van der Waals surface area contributed by atoms with E-state index in [2.05, 4.69) is 11.8 Å². The molecule has 0 spiro atoms. The summed E-state index contributed by atoms with van der Waals surface area (Å²) < 4.78 is 0. The van der Waals surface area contributed by atoms with Crippen LogP contribution in [0.5, 0.6) is 0 Å². The van der Waals surface area contributed by atoms with Crippen LogP contribution in [-0.2, 0) is 0 Å². The average molecular weight is 197 g/mol. The molecule has 2 fully saturated rings. The van der Waals surface area contributed by atoms with Crippen LogP contribution in [0.2, 0.25) is 0 Å². The second kappa shape index (κ2) is 4.63. The smallest absolute Gasteiger partial charge is 0.0667 e. The average Bonchev–Trinajstić information content (AvgIpc) is 2.57. The third kappa shape index (κ3) is 2.12. The van der Waals surface area contributed by atoms with E-state index >= 15 is 0 Å². The molecule has 0 aromatic heterocycles. The Balaban J connectivity index is 1.87. The number of rotatable bonds is 3. The van der Waals surface area contributed by atoms with Crippen LogP contribution in [0.25, 0.3) is 0 Å². The zero-order valence-electron chi connectivity index (χ0n) is 9.28. The van der Waals surface area contributed by atoms with Crippen molar-refractivity contribution in [3.63, 3.8) is 0 Å². The first kappa shape index (κ1) is 10.4. The number of aliphatic hydroxyl groups excluding tert-OH is 1. The second-order valence-corrected chi connectivity index (χ2v) is 4.96. The molecule has 0 aliphatic carbocycles. The van der Waals surface area contributed by atoms with Gasteiger partial charge in [-0.05, 0) is 32.1 Å². The Morgan fingerprint density at radius 3 is 2.79 bits per heavy atom. The lowest BCUT2D eigenvalue weighted by Gasteiger charge is -2.36. The Labute approximate surface area is 87.3 Å². The minimum atomic E-state index is -0.0477. The highest BCUT2D eigenvalue weighted by atomic mass is 16.3. The van der Waals surface area contributed by atoms with E-state index in [1.165, 1.54) is 38.5 Å². The summed E-state index contributed by atoms with van der Waals surface area (Å²) in [6, 6.07) is 1.59. The van der Waals surface area contributed by atoms with Crippen molar-refractivity contribution in [2.75, 3.05) is 6.54 Å². The lowest BCUT2D eigenvalue weighted by Crippen LogP contribution is -2.45. The Morgan fingerprint density at radius 1 is 1.21 bits per heavy atom. The highest BCUT2D eigenvalue weighted by molar-refractivity contribution is 4.92. The highest BCUT2D eigenvalue weighted by Gasteiger charge is 2.36. The van der Waals surface area contributed by atoms with Crippen LogP contribution >= 0.6 is 0 Å².